The third-order valence-corrected chi connectivity index (χ3v) is 17.4. The van der Waals surface area contributed by atoms with Crippen LogP contribution in [0.25, 0.3) is 0 Å². The molecular weight excluding hydrogens is 453 g/mol. The van der Waals surface area contributed by atoms with E-state index in [0.717, 1.165) is 5.69 Å². The van der Waals surface area contributed by atoms with Gasteiger partial charge >= 0.3 is 0 Å². The van der Waals surface area contributed by atoms with Crippen LogP contribution in [0.5, 0.6) is 0 Å². The Bertz CT molecular complexity index is 711. The van der Waals surface area contributed by atoms with Crippen LogP contribution in [0.4, 0.5) is 0 Å². The van der Waals surface area contributed by atoms with Gasteiger partial charge < -0.3 is 13.4 Å². The van der Waals surface area contributed by atoms with Gasteiger partial charge in [0.05, 0.1) is 12.3 Å². The lowest BCUT2D eigenvalue weighted by Crippen LogP contribution is -2.54. The highest BCUT2D eigenvalue weighted by Gasteiger charge is 2.45. The van der Waals surface area contributed by atoms with Crippen LogP contribution in [0.1, 0.15) is 74.1 Å². The van der Waals surface area contributed by atoms with Gasteiger partial charge in [-0.1, -0.05) is 47.6 Å². The largest absolute Gasteiger partial charge is 0.598 e. The third kappa shape index (κ3) is 8.22. The van der Waals surface area contributed by atoms with Crippen molar-refractivity contribution in [3.63, 3.8) is 0 Å². The quantitative estimate of drug-likeness (QED) is 0.306. The van der Waals surface area contributed by atoms with Crippen LogP contribution >= 0.6 is 0 Å². The van der Waals surface area contributed by atoms with E-state index in [1.807, 2.05) is 39.0 Å². The van der Waals surface area contributed by atoms with Gasteiger partial charge in [-0.25, -0.2) is 0 Å². The molecule has 0 fully saturated rings. The van der Waals surface area contributed by atoms with Crippen molar-refractivity contribution in [2.24, 2.45) is 0 Å². The van der Waals surface area contributed by atoms with E-state index in [4.69, 9.17) is 8.85 Å². The Labute approximate surface area is 203 Å². The molecule has 0 saturated heterocycles. The third-order valence-electron chi connectivity index (χ3n) is 6.82. The topological polar surface area (TPSA) is 66.4 Å². The molecule has 0 bridgehead atoms. The maximum absolute atomic E-state index is 13.2. The van der Waals surface area contributed by atoms with Crippen LogP contribution in [0.2, 0.25) is 36.3 Å². The standard InChI is InChI=1S/C24H48N2O3SSi2/c1-22(2,3)30(27)26-20(18-28-31(10,11)23(4,5)6)21(19-16-14-15-17-25-19)29-32(12,13)24(7,8)9/h14-17,20-21,26H,18H2,1-13H3/t20?,21?,30-/m1/s1. The van der Waals surface area contributed by atoms with Crippen molar-refractivity contribution in [2.75, 3.05) is 6.61 Å². The average molecular weight is 501 g/mol. The van der Waals surface area contributed by atoms with Crippen molar-refractivity contribution < 1.29 is 13.4 Å². The summed E-state index contributed by atoms with van der Waals surface area (Å²) in [6.45, 7) is 28.7. The number of nitrogens with one attached hydrogen (secondary N) is 1. The Balaban J connectivity index is 3.41. The number of hydrogen-bond donors (Lipinski definition) is 1. The van der Waals surface area contributed by atoms with Crippen molar-refractivity contribution in [2.45, 2.75) is 115 Å². The summed E-state index contributed by atoms with van der Waals surface area (Å²) >= 11 is -1.27. The maximum atomic E-state index is 13.2. The molecule has 0 radical (unpaired) electrons. The molecule has 0 spiro atoms. The molecule has 0 aliphatic rings. The number of rotatable bonds is 9. The van der Waals surface area contributed by atoms with Gasteiger partial charge in [0.1, 0.15) is 16.9 Å². The molecule has 0 aliphatic carbocycles. The summed E-state index contributed by atoms with van der Waals surface area (Å²) < 4.78 is 29.7. The van der Waals surface area contributed by atoms with Crippen LogP contribution in [-0.4, -0.2) is 43.6 Å². The Morgan fingerprint density at radius 2 is 1.47 bits per heavy atom. The molecule has 0 amide bonds. The van der Waals surface area contributed by atoms with Gasteiger partial charge in [-0.05, 0) is 69.2 Å². The lowest BCUT2D eigenvalue weighted by atomic mass is 10.1. The van der Waals surface area contributed by atoms with E-state index in [0.29, 0.717) is 6.61 Å². The van der Waals surface area contributed by atoms with Crippen LogP contribution in [0.3, 0.4) is 0 Å². The summed E-state index contributed by atoms with van der Waals surface area (Å²) in [4.78, 5) is 4.64. The van der Waals surface area contributed by atoms with Crippen molar-refractivity contribution in [1.29, 1.82) is 0 Å². The van der Waals surface area contributed by atoms with Crippen LogP contribution in [0, 0.1) is 0 Å². The smallest absolute Gasteiger partial charge is 0.193 e. The highest BCUT2D eigenvalue weighted by Crippen LogP contribution is 2.41. The van der Waals surface area contributed by atoms with Crippen molar-refractivity contribution >= 4 is 28.0 Å². The first-order valence-electron chi connectivity index (χ1n) is 11.6. The molecular formula is C24H48N2O3SSi2. The summed E-state index contributed by atoms with van der Waals surface area (Å²) in [7, 11) is -4.16. The van der Waals surface area contributed by atoms with Gasteiger partial charge in [0.25, 0.3) is 0 Å². The number of nitrogens with zero attached hydrogens (tertiary/aromatic N) is 1. The molecule has 1 N–H and O–H groups in total. The van der Waals surface area contributed by atoms with Gasteiger partial charge in [-0.3, -0.25) is 4.98 Å². The Morgan fingerprint density at radius 3 is 1.88 bits per heavy atom. The van der Waals surface area contributed by atoms with E-state index >= 15 is 0 Å². The lowest BCUT2D eigenvalue weighted by molar-refractivity contribution is 0.108. The van der Waals surface area contributed by atoms with E-state index in [9.17, 15) is 4.55 Å². The van der Waals surface area contributed by atoms with E-state index < -0.39 is 32.7 Å². The molecule has 0 saturated carbocycles. The molecule has 1 aromatic rings. The second kappa shape index (κ2) is 10.6. The summed E-state index contributed by atoms with van der Waals surface area (Å²) in [6.07, 6.45) is 1.44. The van der Waals surface area contributed by atoms with Gasteiger partial charge in [-0.15, -0.1) is 4.72 Å². The zero-order valence-corrected chi connectivity index (χ0v) is 25.6. The predicted molar refractivity (Wildman–Crippen MR) is 143 cm³/mol. The van der Waals surface area contributed by atoms with Crippen LogP contribution < -0.4 is 4.72 Å². The molecule has 32 heavy (non-hydrogen) atoms. The van der Waals surface area contributed by atoms with E-state index in [1.54, 1.807) is 6.20 Å². The molecule has 1 aromatic heterocycles. The van der Waals surface area contributed by atoms with Gasteiger partial charge in [0.15, 0.2) is 16.6 Å². The molecule has 2 unspecified atom stereocenters. The lowest BCUT2D eigenvalue weighted by Gasteiger charge is -2.43. The second-order valence-corrected chi connectivity index (χ2v) is 24.3. The van der Waals surface area contributed by atoms with Gasteiger partial charge in [0, 0.05) is 17.6 Å². The van der Waals surface area contributed by atoms with Crippen molar-refractivity contribution in [1.82, 2.24) is 9.71 Å². The molecule has 5 nitrogen and oxygen atoms in total. The highest BCUT2D eigenvalue weighted by atomic mass is 32.2. The number of hydrogen-bond acceptors (Lipinski definition) is 5. The molecule has 8 heteroatoms. The molecule has 1 rings (SSSR count). The second-order valence-electron chi connectivity index (χ2n) is 12.7. The molecule has 186 valence electrons. The highest BCUT2D eigenvalue weighted by molar-refractivity contribution is 7.90. The van der Waals surface area contributed by atoms with Gasteiger partial charge in [0.2, 0.25) is 0 Å². The van der Waals surface area contributed by atoms with E-state index in [-0.39, 0.29) is 22.2 Å². The van der Waals surface area contributed by atoms with E-state index in [2.05, 4.69) is 77.4 Å². The van der Waals surface area contributed by atoms with Crippen LogP contribution in [-0.2, 0) is 20.2 Å². The van der Waals surface area contributed by atoms with Gasteiger partial charge in [-0.2, -0.15) is 0 Å². The number of aromatic nitrogens is 1. The fourth-order valence-corrected chi connectivity index (χ4v) is 5.52. The monoisotopic (exact) mass is 500 g/mol. The molecule has 1 heterocycles. The van der Waals surface area contributed by atoms with Crippen molar-refractivity contribution in [3.05, 3.63) is 30.1 Å². The zero-order chi connectivity index (χ0) is 25.2. The molecule has 0 aliphatic heterocycles. The summed E-state index contributed by atoms with van der Waals surface area (Å²) in [5.41, 5.74) is 0.847. The Hall–Kier alpha value is -0.226. The summed E-state index contributed by atoms with van der Waals surface area (Å²) in [5.74, 6) is 0. The van der Waals surface area contributed by atoms with Crippen molar-refractivity contribution in [3.8, 4) is 0 Å². The fraction of sp³-hybridized carbons (Fsp3) is 0.792. The molecule has 3 atom stereocenters. The Morgan fingerprint density at radius 1 is 0.938 bits per heavy atom. The number of pyridine rings is 1. The minimum absolute atomic E-state index is 0.0358. The first-order valence-corrected chi connectivity index (χ1v) is 18.6. The average Bonchev–Trinajstić information content (AvgIpc) is 2.61. The molecule has 0 aromatic carbocycles. The van der Waals surface area contributed by atoms with E-state index in [1.165, 1.54) is 0 Å². The fourth-order valence-electron chi connectivity index (χ4n) is 2.40. The normalized spacial score (nSPS) is 17.2. The Kier molecular flexibility index (Phi) is 9.86. The maximum Gasteiger partial charge on any atom is 0.193 e. The summed E-state index contributed by atoms with van der Waals surface area (Å²) in [5, 5.41) is 0.121. The predicted octanol–water partition coefficient (Wildman–Crippen LogP) is 6.59. The minimum atomic E-state index is -2.15. The van der Waals surface area contributed by atoms with Crippen LogP contribution in [0.15, 0.2) is 24.4 Å². The minimum Gasteiger partial charge on any atom is -0.598 e. The zero-order valence-electron chi connectivity index (χ0n) is 22.8. The first kappa shape index (κ1) is 29.8. The SMILES string of the molecule is CC(C)(C)[S@@+]([O-])NC(CO[Si](C)(C)C(C)(C)C)C(O[Si](C)(C)C(C)(C)C)c1ccccn1. The first-order chi connectivity index (χ1) is 14.2. The summed E-state index contributed by atoms with van der Waals surface area (Å²) in [6, 6.07) is 5.61.